The maximum absolute atomic E-state index is 9.51. The van der Waals surface area contributed by atoms with E-state index in [-0.39, 0.29) is 0 Å². The van der Waals surface area contributed by atoms with Crippen molar-refractivity contribution in [3.63, 3.8) is 0 Å². The van der Waals surface area contributed by atoms with E-state index >= 15 is 0 Å². The Labute approximate surface area is 184 Å². The maximum atomic E-state index is 9.51. The van der Waals surface area contributed by atoms with Crippen LogP contribution in [-0.2, 0) is 11.2 Å². The third kappa shape index (κ3) is 7.59. The molecule has 0 aliphatic carbocycles. The number of hydrogen-bond donors (Lipinski definition) is 3. The van der Waals surface area contributed by atoms with Gasteiger partial charge in [-0.25, -0.2) is 4.68 Å². The summed E-state index contributed by atoms with van der Waals surface area (Å²) < 4.78 is 6.71. The van der Waals surface area contributed by atoms with E-state index in [0.29, 0.717) is 30.0 Å². The molecule has 0 aliphatic heterocycles. The number of hydrogen-bond acceptors (Lipinski definition) is 6. The van der Waals surface area contributed by atoms with Gasteiger partial charge in [0.15, 0.2) is 5.96 Å². The molecule has 168 valence electrons. The van der Waals surface area contributed by atoms with Crippen molar-refractivity contribution in [1.82, 2.24) is 25.3 Å². The van der Waals surface area contributed by atoms with Crippen LogP contribution in [0.15, 0.2) is 35.3 Å². The van der Waals surface area contributed by atoms with Gasteiger partial charge in [-0.2, -0.15) is 10.4 Å². The van der Waals surface area contributed by atoms with Gasteiger partial charge in [-0.15, -0.1) is 0 Å². The van der Waals surface area contributed by atoms with Crippen LogP contribution in [0.4, 0.5) is 5.82 Å². The van der Waals surface area contributed by atoms with Crippen molar-refractivity contribution in [3.05, 3.63) is 41.6 Å². The molecular formula is C22H34N8O. The number of nitrogens with one attached hydrogen (secondary N) is 2. The monoisotopic (exact) mass is 426 g/mol. The number of nitrogens with zero attached hydrogens (tertiary/aromatic N) is 5. The number of nitriles is 1. The van der Waals surface area contributed by atoms with Crippen molar-refractivity contribution >= 4 is 11.8 Å². The number of aliphatic imine (C=N–C) groups is 1. The van der Waals surface area contributed by atoms with Gasteiger partial charge in [0.1, 0.15) is 17.5 Å². The Morgan fingerprint density at radius 3 is 2.65 bits per heavy atom. The minimum atomic E-state index is 0.378. The molecule has 0 unspecified atom stereocenters. The zero-order chi connectivity index (χ0) is 22.5. The number of para-hydroxylation sites is 1. The summed E-state index contributed by atoms with van der Waals surface area (Å²) >= 11 is 0. The first-order valence-corrected chi connectivity index (χ1v) is 10.6. The van der Waals surface area contributed by atoms with E-state index in [2.05, 4.69) is 38.7 Å². The normalized spacial score (nSPS) is 11.5. The number of anilines is 1. The Balaban J connectivity index is 1.78. The van der Waals surface area contributed by atoms with E-state index in [1.807, 2.05) is 30.3 Å². The summed E-state index contributed by atoms with van der Waals surface area (Å²) in [6.45, 7) is 4.23. The molecule has 1 aromatic carbocycles. The fourth-order valence-corrected chi connectivity index (χ4v) is 3.18. The molecule has 0 saturated carbocycles. The Hall–Kier alpha value is -3.09. The molecule has 2 rings (SSSR count). The smallest absolute Gasteiger partial charge is 0.191 e. The zero-order valence-corrected chi connectivity index (χ0v) is 18.8. The second-order valence-electron chi connectivity index (χ2n) is 7.25. The quantitative estimate of drug-likeness (QED) is 0.267. The third-order valence-corrected chi connectivity index (χ3v) is 4.89. The molecule has 1 heterocycles. The molecule has 0 atom stereocenters. The molecule has 0 amide bonds. The van der Waals surface area contributed by atoms with E-state index in [4.69, 9.17) is 10.5 Å². The van der Waals surface area contributed by atoms with Crippen molar-refractivity contribution in [2.75, 3.05) is 59.7 Å². The van der Waals surface area contributed by atoms with Gasteiger partial charge in [0, 0.05) is 46.9 Å². The summed E-state index contributed by atoms with van der Waals surface area (Å²) in [6, 6.07) is 11.8. The number of rotatable bonds is 12. The van der Waals surface area contributed by atoms with Gasteiger partial charge < -0.3 is 26.0 Å². The molecule has 0 spiro atoms. The lowest BCUT2D eigenvalue weighted by Gasteiger charge is -2.18. The lowest BCUT2D eigenvalue weighted by molar-refractivity contribution is 0.180. The number of ether oxygens (including phenoxy) is 1. The number of aromatic nitrogens is 2. The summed E-state index contributed by atoms with van der Waals surface area (Å²) in [4.78, 5) is 6.52. The topological polar surface area (TPSA) is 117 Å². The molecule has 0 saturated heterocycles. The standard InChI is InChI=1S/C22H34N8O/c1-25-22(27-13-15-29(2)14-8-16-31-3)26-12-7-11-20-19(17-23)21(24)30(28-20)18-9-5-4-6-10-18/h4-6,9-10H,7-8,11-16,24H2,1-3H3,(H2,25,26,27). The first kappa shape index (κ1) is 24.2. The molecule has 0 bridgehead atoms. The van der Waals surface area contributed by atoms with Crippen molar-refractivity contribution in [2.45, 2.75) is 19.3 Å². The second-order valence-corrected chi connectivity index (χ2v) is 7.25. The molecule has 9 nitrogen and oxygen atoms in total. The molecule has 0 fully saturated rings. The van der Waals surface area contributed by atoms with Gasteiger partial charge in [-0.3, -0.25) is 4.99 Å². The number of aryl methyl sites for hydroxylation is 1. The van der Waals surface area contributed by atoms with Crippen LogP contribution in [0.5, 0.6) is 0 Å². The highest BCUT2D eigenvalue weighted by molar-refractivity contribution is 5.79. The summed E-state index contributed by atoms with van der Waals surface area (Å²) in [5.41, 5.74) is 8.17. The molecule has 9 heteroatoms. The highest BCUT2D eigenvalue weighted by Gasteiger charge is 2.16. The van der Waals surface area contributed by atoms with Crippen LogP contribution in [0.2, 0.25) is 0 Å². The van der Waals surface area contributed by atoms with Crippen molar-refractivity contribution in [3.8, 4) is 11.8 Å². The highest BCUT2D eigenvalue weighted by Crippen LogP contribution is 2.21. The van der Waals surface area contributed by atoms with E-state index in [1.54, 1.807) is 18.8 Å². The van der Waals surface area contributed by atoms with Gasteiger partial charge in [0.2, 0.25) is 0 Å². The average molecular weight is 427 g/mol. The molecule has 0 radical (unpaired) electrons. The van der Waals surface area contributed by atoms with Crippen LogP contribution in [-0.4, -0.2) is 74.6 Å². The number of guanidine groups is 1. The highest BCUT2D eigenvalue weighted by atomic mass is 16.5. The minimum absolute atomic E-state index is 0.378. The second kappa shape index (κ2) is 13.3. The van der Waals surface area contributed by atoms with Crippen LogP contribution < -0.4 is 16.4 Å². The summed E-state index contributed by atoms with van der Waals surface area (Å²) in [7, 11) is 5.58. The van der Waals surface area contributed by atoms with Crippen molar-refractivity contribution in [1.29, 1.82) is 5.26 Å². The van der Waals surface area contributed by atoms with Crippen LogP contribution >= 0.6 is 0 Å². The van der Waals surface area contributed by atoms with E-state index < -0.39 is 0 Å². The Bertz CT molecular complexity index is 856. The van der Waals surface area contributed by atoms with Crippen LogP contribution in [0.1, 0.15) is 24.1 Å². The lowest BCUT2D eigenvalue weighted by atomic mass is 10.1. The average Bonchev–Trinajstić information content (AvgIpc) is 3.11. The first-order valence-electron chi connectivity index (χ1n) is 10.6. The minimum Gasteiger partial charge on any atom is -0.385 e. The summed E-state index contributed by atoms with van der Waals surface area (Å²) in [6.07, 6.45) is 2.48. The number of likely N-dealkylation sites (N-methyl/N-ethyl adjacent to an activating group) is 1. The molecule has 31 heavy (non-hydrogen) atoms. The number of benzene rings is 1. The first-order chi connectivity index (χ1) is 15.1. The largest absolute Gasteiger partial charge is 0.385 e. The summed E-state index contributed by atoms with van der Waals surface area (Å²) in [5.74, 6) is 1.14. The predicted molar refractivity (Wildman–Crippen MR) is 124 cm³/mol. The number of nitrogen functional groups attached to an aromatic ring is 1. The summed E-state index contributed by atoms with van der Waals surface area (Å²) in [5, 5.41) is 20.7. The molecule has 2 aromatic rings. The fraction of sp³-hybridized carbons (Fsp3) is 0.500. The maximum Gasteiger partial charge on any atom is 0.191 e. The number of methoxy groups -OCH3 is 1. The van der Waals surface area contributed by atoms with Gasteiger partial charge >= 0.3 is 0 Å². The van der Waals surface area contributed by atoms with Crippen molar-refractivity contribution in [2.24, 2.45) is 4.99 Å². The fourth-order valence-electron chi connectivity index (χ4n) is 3.18. The van der Waals surface area contributed by atoms with E-state index in [9.17, 15) is 5.26 Å². The van der Waals surface area contributed by atoms with Crippen molar-refractivity contribution < 1.29 is 4.74 Å². The van der Waals surface area contributed by atoms with Gasteiger partial charge in [0.05, 0.1) is 11.4 Å². The molecule has 1 aromatic heterocycles. The van der Waals surface area contributed by atoms with Crippen LogP contribution in [0, 0.1) is 11.3 Å². The molecule has 0 aliphatic rings. The molecular weight excluding hydrogens is 392 g/mol. The van der Waals surface area contributed by atoms with Gasteiger partial charge in [0.25, 0.3) is 0 Å². The Kier molecular flexibility index (Phi) is 10.3. The van der Waals surface area contributed by atoms with Gasteiger partial charge in [-0.1, -0.05) is 18.2 Å². The Morgan fingerprint density at radius 1 is 1.23 bits per heavy atom. The lowest BCUT2D eigenvalue weighted by Crippen LogP contribution is -2.41. The SMILES string of the molecule is CN=C(NCCCc1nn(-c2ccccc2)c(N)c1C#N)NCCN(C)CCCOC. The van der Waals surface area contributed by atoms with E-state index in [0.717, 1.165) is 50.7 Å². The Morgan fingerprint density at radius 2 is 1.97 bits per heavy atom. The van der Waals surface area contributed by atoms with Gasteiger partial charge in [-0.05, 0) is 38.4 Å². The number of nitrogens with two attached hydrogens (primary N) is 1. The predicted octanol–water partition coefficient (Wildman–Crippen LogP) is 1.39. The van der Waals surface area contributed by atoms with Crippen LogP contribution in [0.25, 0.3) is 5.69 Å². The third-order valence-electron chi connectivity index (χ3n) is 4.89. The zero-order valence-electron chi connectivity index (χ0n) is 18.8. The molecule has 4 N–H and O–H groups in total. The van der Waals surface area contributed by atoms with E-state index in [1.165, 1.54) is 0 Å². The van der Waals surface area contributed by atoms with Crippen LogP contribution in [0.3, 0.4) is 0 Å².